The van der Waals surface area contributed by atoms with Crippen LogP contribution in [0.5, 0.6) is 0 Å². The number of rotatable bonds is 3. The molecule has 1 saturated heterocycles. The Balaban J connectivity index is 1.48. The van der Waals surface area contributed by atoms with E-state index in [0.29, 0.717) is 12.5 Å². The topological polar surface area (TPSA) is 35.9 Å². The van der Waals surface area contributed by atoms with Gasteiger partial charge in [0.2, 0.25) is 0 Å². The zero-order chi connectivity index (χ0) is 18.2. The molecule has 140 valence electrons. The Morgan fingerprint density at radius 3 is 2.78 bits per heavy atom. The number of thiophene rings is 1. The summed E-state index contributed by atoms with van der Waals surface area (Å²) in [5.41, 5.74) is 3.72. The third kappa shape index (κ3) is 3.13. The summed E-state index contributed by atoms with van der Waals surface area (Å²) >= 11 is 1.74. The van der Waals surface area contributed by atoms with E-state index in [1.165, 1.54) is 35.3 Å². The molecule has 0 N–H and O–H groups in total. The highest BCUT2D eigenvalue weighted by Crippen LogP contribution is 2.44. The summed E-state index contributed by atoms with van der Waals surface area (Å²) < 4.78 is 0. The number of hydrogen-bond donors (Lipinski definition) is 0. The van der Waals surface area contributed by atoms with Gasteiger partial charge in [0.1, 0.15) is 0 Å². The third-order valence-corrected chi connectivity index (χ3v) is 7.07. The molecular formula is C22H25N3OS. The minimum atomic E-state index is 0.0608. The third-order valence-electron chi connectivity index (χ3n) is 6.13. The van der Waals surface area contributed by atoms with Gasteiger partial charge >= 0.3 is 0 Å². The molecule has 2 aliphatic heterocycles. The van der Waals surface area contributed by atoms with Crippen molar-refractivity contribution in [1.29, 1.82) is 0 Å². The number of piperidine rings is 1. The first kappa shape index (κ1) is 17.1. The summed E-state index contributed by atoms with van der Waals surface area (Å²) in [6, 6.07) is 12.9. The summed E-state index contributed by atoms with van der Waals surface area (Å²) in [6.07, 6.45) is 5.81. The summed E-state index contributed by atoms with van der Waals surface area (Å²) in [6.45, 7) is 2.56. The number of hydrogen-bond acceptors (Lipinski definition) is 4. The minimum Gasteiger partial charge on any atom is -0.294 e. The molecule has 1 amide bonds. The van der Waals surface area contributed by atoms with E-state index in [2.05, 4.69) is 46.7 Å². The second-order valence-corrected chi connectivity index (χ2v) is 8.80. The van der Waals surface area contributed by atoms with Crippen LogP contribution in [0, 0.1) is 5.92 Å². The van der Waals surface area contributed by atoms with E-state index < -0.39 is 0 Å². The molecule has 1 aliphatic carbocycles. The van der Waals surface area contributed by atoms with Crippen LogP contribution in [0.15, 0.2) is 46.9 Å². The average molecular weight is 380 g/mol. The van der Waals surface area contributed by atoms with E-state index in [4.69, 9.17) is 5.10 Å². The van der Waals surface area contributed by atoms with Gasteiger partial charge in [-0.05, 0) is 55.8 Å². The molecule has 3 heterocycles. The highest BCUT2D eigenvalue weighted by Gasteiger charge is 2.44. The van der Waals surface area contributed by atoms with Crippen molar-refractivity contribution < 1.29 is 4.79 Å². The van der Waals surface area contributed by atoms with Crippen LogP contribution in [0.2, 0.25) is 0 Å². The van der Waals surface area contributed by atoms with Crippen LogP contribution < -0.4 is 0 Å². The Morgan fingerprint density at radius 1 is 1.11 bits per heavy atom. The largest absolute Gasteiger partial charge is 0.294 e. The summed E-state index contributed by atoms with van der Waals surface area (Å²) in [4.78, 5) is 16.8. The molecule has 5 heteroatoms. The van der Waals surface area contributed by atoms with Gasteiger partial charge in [-0.1, -0.05) is 36.8 Å². The van der Waals surface area contributed by atoms with Crippen LogP contribution in [0.25, 0.3) is 0 Å². The Hall–Kier alpha value is -1.98. The lowest BCUT2D eigenvalue weighted by molar-refractivity contribution is -0.135. The zero-order valence-corrected chi connectivity index (χ0v) is 16.3. The molecule has 0 bridgehead atoms. The molecule has 2 aromatic rings. The Morgan fingerprint density at radius 2 is 1.96 bits per heavy atom. The molecule has 1 aromatic heterocycles. The first-order chi connectivity index (χ1) is 13.3. The number of amides is 1. The van der Waals surface area contributed by atoms with Crippen molar-refractivity contribution in [1.82, 2.24) is 9.91 Å². The normalized spacial score (nSPS) is 25.0. The van der Waals surface area contributed by atoms with Crippen molar-refractivity contribution >= 4 is 23.0 Å². The number of carbonyl (C=O) groups is 1. The van der Waals surface area contributed by atoms with Gasteiger partial charge in [-0.2, -0.15) is 5.10 Å². The average Bonchev–Trinajstić information content (AvgIpc) is 3.36. The molecule has 3 aliphatic rings. The summed E-state index contributed by atoms with van der Waals surface area (Å²) in [5, 5.41) is 8.87. The Labute approximate surface area is 164 Å². The van der Waals surface area contributed by atoms with Crippen molar-refractivity contribution in [3.05, 3.63) is 57.8 Å². The number of benzene rings is 1. The van der Waals surface area contributed by atoms with Crippen LogP contribution in [0.3, 0.4) is 0 Å². The maximum absolute atomic E-state index is 13.3. The Bertz CT molecular complexity index is 854. The van der Waals surface area contributed by atoms with E-state index >= 15 is 0 Å². The van der Waals surface area contributed by atoms with Gasteiger partial charge in [-0.3, -0.25) is 9.69 Å². The van der Waals surface area contributed by atoms with Crippen molar-refractivity contribution in [2.75, 3.05) is 19.6 Å². The molecule has 2 atom stereocenters. The first-order valence-corrected chi connectivity index (χ1v) is 10.9. The second kappa shape index (κ2) is 7.21. The van der Waals surface area contributed by atoms with Gasteiger partial charge in [-0.15, -0.1) is 11.3 Å². The molecule has 0 radical (unpaired) electrons. The van der Waals surface area contributed by atoms with Gasteiger partial charge in [0, 0.05) is 16.4 Å². The van der Waals surface area contributed by atoms with Crippen LogP contribution in [-0.4, -0.2) is 41.2 Å². The monoisotopic (exact) mass is 379 g/mol. The van der Waals surface area contributed by atoms with Crippen LogP contribution >= 0.6 is 11.3 Å². The van der Waals surface area contributed by atoms with Crippen molar-refractivity contribution in [3.8, 4) is 0 Å². The first-order valence-electron chi connectivity index (χ1n) is 10.1. The number of nitrogens with zero attached hydrogens (tertiary/aromatic N) is 3. The molecule has 27 heavy (non-hydrogen) atoms. The lowest BCUT2D eigenvalue weighted by Crippen LogP contribution is -2.41. The molecular weight excluding hydrogens is 354 g/mol. The predicted molar refractivity (Wildman–Crippen MR) is 109 cm³/mol. The fourth-order valence-electron chi connectivity index (χ4n) is 4.79. The molecule has 0 saturated carbocycles. The van der Waals surface area contributed by atoms with Gasteiger partial charge in [-0.25, -0.2) is 5.01 Å². The number of carbonyl (C=O) groups excluding carboxylic acids is 1. The van der Waals surface area contributed by atoms with Gasteiger partial charge < -0.3 is 0 Å². The lowest BCUT2D eigenvalue weighted by Gasteiger charge is -2.31. The second-order valence-electron chi connectivity index (χ2n) is 7.82. The number of fused-ring (bicyclic) bond motifs is 3. The predicted octanol–water partition coefficient (Wildman–Crippen LogP) is 4.08. The highest BCUT2D eigenvalue weighted by atomic mass is 32.1. The van der Waals surface area contributed by atoms with Crippen molar-refractivity contribution in [2.24, 2.45) is 11.0 Å². The summed E-state index contributed by atoms with van der Waals surface area (Å²) in [7, 11) is 0. The standard InChI is InChI=1S/C22H25N3OS/c26-20(15-24-12-4-1-5-13-24)25-22(19-9-6-14-27-19)18-11-10-16-7-2-3-8-17(16)21(18)23-25/h2-3,6-9,14,18,22H,1,4-5,10-13,15H2. The van der Waals surface area contributed by atoms with Crippen molar-refractivity contribution in [3.63, 3.8) is 0 Å². The quantitative estimate of drug-likeness (QED) is 0.805. The smallest absolute Gasteiger partial charge is 0.257 e. The zero-order valence-electron chi connectivity index (χ0n) is 15.5. The van der Waals surface area contributed by atoms with Crippen LogP contribution in [-0.2, 0) is 11.2 Å². The van der Waals surface area contributed by atoms with E-state index in [1.807, 2.05) is 5.01 Å². The fourth-order valence-corrected chi connectivity index (χ4v) is 5.67. The summed E-state index contributed by atoms with van der Waals surface area (Å²) in [5.74, 6) is 0.457. The van der Waals surface area contributed by atoms with Gasteiger partial charge in [0.15, 0.2) is 0 Å². The van der Waals surface area contributed by atoms with E-state index in [-0.39, 0.29) is 11.9 Å². The van der Waals surface area contributed by atoms with E-state index in [0.717, 1.165) is 31.6 Å². The Kier molecular flexibility index (Phi) is 4.58. The van der Waals surface area contributed by atoms with Gasteiger partial charge in [0.25, 0.3) is 5.91 Å². The molecule has 5 rings (SSSR count). The van der Waals surface area contributed by atoms with E-state index in [9.17, 15) is 4.79 Å². The highest BCUT2D eigenvalue weighted by molar-refractivity contribution is 7.10. The molecule has 1 fully saturated rings. The molecule has 4 nitrogen and oxygen atoms in total. The molecule has 1 aromatic carbocycles. The number of likely N-dealkylation sites (tertiary alicyclic amines) is 1. The van der Waals surface area contributed by atoms with Gasteiger partial charge in [0.05, 0.1) is 18.3 Å². The van der Waals surface area contributed by atoms with E-state index in [1.54, 1.807) is 11.3 Å². The minimum absolute atomic E-state index is 0.0608. The maximum Gasteiger partial charge on any atom is 0.257 e. The molecule has 2 unspecified atom stereocenters. The number of aryl methyl sites for hydroxylation is 1. The van der Waals surface area contributed by atoms with Crippen LogP contribution in [0.4, 0.5) is 0 Å². The van der Waals surface area contributed by atoms with Crippen molar-refractivity contribution in [2.45, 2.75) is 38.1 Å². The SMILES string of the molecule is O=C(CN1CCCCC1)N1N=C2c3ccccc3CCC2C1c1cccs1. The maximum atomic E-state index is 13.3. The number of hydrazone groups is 1. The molecule has 0 spiro atoms. The lowest BCUT2D eigenvalue weighted by atomic mass is 9.79. The fraction of sp³-hybridized carbons (Fsp3) is 0.455. The van der Waals surface area contributed by atoms with Crippen LogP contribution in [0.1, 0.15) is 47.7 Å².